The molecule has 0 aliphatic heterocycles. The number of carbonyl (C=O) groups excluding carboxylic acids is 1. The molecular weight excluding hydrogens is 352 g/mol. The van der Waals surface area contributed by atoms with Crippen molar-refractivity contribution >= 4 is 6.03 Å². The predicted octanol–water partition coefficient (Wildman–Crippen LogP) is 4.26. The van der Waals surface area contributed by atoms with Crippen LogP contribution < -0.4 is 5.32 Å². The zero-order chi connectivity index (χ0) is 20.1. The first-order valence-corrected chi connectivity index (χ1v) is 9.56. The number of benzene rings is 1. The number of aryl methyl sites for hydroxylation is 2. The Kier molecular flexibility index (Phi) is 6.19. The van der Waals surface area contributed by atoms with Gasteiger partial charge in [-0.2, -0.15) is 0 Å². The highest BCUT2D eigenvalue weighted by atomic mass is 16.3. The molecule has 0 spiro atoms. The monoisotopic (exact) mass is 380 g/mol. The van der Waals surface area contributed by atoms with E-state index in [1.54, 1.807) is 17.4 Å². The summed E-state index contributed by atoms with van der Waals surface area (Å²) in [6, 6.07) is 10.1. The zero-order valence-corrected chi connectivity index (χ0v) is 17.0. The van der Waals surface area contributed by atoms with Gasteiger partial charge in [0, 0.05) is 25.0 Å². The van der Waals surface area contributed by atoms with E-state index in [0.717, 1.165) is 18.1 Å². The maximum atomic E-state index is 12.7. The largest absolute Gasteiger partial charge is 0.467 e. The van der Waals surface area contributed by atoms with Crippen molar-refractivity contribution in [3.63, 3.8) is 0 Å². The minimum atomic E-state index is -0.132. The Morgan fingerprint density at radius 2 is 2.07 bits per heavy atom. The molecule has 6 nitrogen and oxygen atoms in total. The molecule has 0 radical (unpaired) electrons. The molecule has 0 aliphatic carbocycles. The van der Waals surface area contributed by atoms with Crippen molar-refractivity contribution < 1.29 is 9.21 Å². The number of nitrogens with zero attached hydrogens (tertiary/aromatic N) is 3. The number of imidazole rings is 1. The van der Waals surface area contributed by atoms with Crippen LogP contribution in [0.4, 0.5) is 4.79 Å². The number of hydrogen-bond donors (Lipinski definition) is 1. The Morgan fingerprint density at radius 1 is 1.25 bits per heavy atom. The summed E-state index contributed by atoms with van der Waals surface area (Å²) < 4.78 is 7.54. The molecule has 2 heterocycles. The molecule has 2 aromatic heterocycles. The van der Waals surface area contributed by atoms with Crippen LogP contribution in [0.25, 0.3) is 0 Å². The summed E-state index contributed by atoms with van der Waals surface area (Å²) in [6.45, 7) is 9.63. The van der Waals surface area contributed by atoms with E-state index >= 15 is 0 Å². The predicted molar refractivity (Wildman–Crippen MR) is 109 cm³/mol. The van der Waals surface area contributed by atoms with E-state index in [4.69, 9.17) is 4.42 Å². The lowest BCUT2D eigenvalue weighted by Gasteiger charge is -2.24. The average Bonchev–Trinajstić information content (AvgIpc) is 3.29. The van der Waals surface area contributed by atoms with Gasteiger partial charge in [-0.25, -0.2) is 9.78 Å². The highest BCUT2D eigenvalue weighted by Crippen LogP contribution is 2.15. The Labute approximate surface area is 166 Å². The molecule has 0 aliphatic rings. The van der Waals surface area contributed by atoms with Crippen LogP contribution in [0.15, 0.2) is 53.4 Å². The molecule has 3 rings (SSSR count). The second kappa shape index (κ2) is 8.78. The quantitative estimate of drug-likeness (QED) is 0.666. The molecule has 6 heteroatoms. The zero-order valence-electron chi connectivity index (χ0n) is 17.0. The third-order valence-corrected chi connectivity index (χ3v) is 4.61. The van der Waals surface area contributed by atoms with Crippen molar-refractivity contribution in [2.45, 2.75) is 53.4 Å². The SMILES string of the molecule is Cc1ccc(C)c(Cn2ccnc2CN(Cc2ccco2)C(=O)NC(C)C)c1. The molecule has 1 N–H and O–H groups in total. The van der Waals surface area contributed by atoms with Crippen LogP contribution in [-0.2, 0) is 19.6 Å². The fraction of sp³-hybridized carbons (Fsp3) is 0.364. The van der Waals surface area contributed by atoms with E-state index in [1.165, 1.54) is 16.7 Å². The highest BCUT2D eigenvalue weighted by molar-refractivity contribution is 5.74. The first kappa shape index (κ1) is 19.7. The van der Waals surface area contributed by atoms with Crippen LogP contribution in [0.2, 0.25) is 0 Å². The van der Waals surface area contributed by atoms with Crippen LogP contribution >= 0.6 is 0 Å². The molecule has 148 valence electrons. The van der Waals surface area contributed by atoms with Gasteiger partial charge in [-0.1, -0.05) is 23.8 Å². The number of rotatable bonds is 7. The van der Waals surface area contributed by atoms with Gasteiger partial charge in [-0.3, -0.25) is 0 Å². The lowest BCUT2D eigenvalue weighted by molar-refractivity contribution is 0.182. The van der Waals surface area contributed by atoms with Gasteiger partial charge in [0.1, 0.15) is 11.6 Å². The lowest BCUT2D eigenvalue weighted by Crippen LogP contribution is -2.42. The second-order valence-corrected chi connectivity index (χ2v) is 7.44. The third-order valence-electron chi connectivity index (χ3n) is 4.61. The van der Waals surface area contributed by atoms with E-state index in [9.17, 15) is 4.79 Å². The molecule has 3 aromatic rings. The molecule has 2 amide bonds. The summed E-state index contributed by atoms with van der Waals surface area (Å²) in [6.07, 6.45) is 5.36. The minimum absolute atomic E-state index is 0.0567. The van der Waals surface area contributed by atoms with Crippen molar-refractivity contribution in [1.82, 2.24) is 19.8 Å². The standard InChI is InChI=1S/C22H28N4O2/c1-16(2)24-22(27)26(14-20-6-5-11-28-20)15-21-23-9-10-25(21)13-19-12-17(3)7-8-18(19)4/h5-12,16H,13-15H2,1-4H3,(H,24,27). The fourth-order valence-corrected chi connectivity index (χ4v) is 3.09. The van der Waals surface area contributed by atoms with Gasteiger partial charge in [0.25, 0.3) is 0 Å². The van der Waals surface area contributed by atoms with Gasteiger partial charge < -0.3 is 19.2 Å². The van der Waals surface area contributed by atoms with Crippen molar-refractivity contribution in [2.24, 2.45) is 0 Å². The Morgan fingerprint density at radius 3 is 2.79 bits per heavy atom. The molecular formula is C22H28N4O2. The summed E-state index contributed by atoms with van der Waals surface area (Å²) in [5, 5.41) is 2.96. The van der Waals surface area contributed by atoms with Gasteiger partial charge >= 0.3 is 6.03 Å². The smallest absolute Gasteiger partial charge is 0.318 e. The summed E-state index contributed by atoms with van der Waals surface area (Å²) in [5.74, 6) is 1.58. The molecule has 1 aromatic carbocycles. The van der Waals surface area contributed by atoms with Crippen LogP contribution in [0.5, 0.6) is 0 Å². The number of aromatic nitrogens is 2. The summed E-state index contributed by atoms with van der Waals surface area (Å²) in [5.41, 5.74) is 3.73. The third kappa shape index (κ3) is 5.03. The van der Waals surface area contributed by atoms with Gasteiger partial charge in [0.2, 0.25) is 0 Å². The van der Waals surface area contributed by atoms with Crippen molar-refractivity contribution in [3.8, 4) is 0 Å². The summed E-state index contributed by atoms with van der Waals surface area (Å²) in [4.78, 5) is 18.9. The average molecular weight is 380 g/mol. The molecule has 0 atom stereocenters. The number of furan rings is 1. The van der Waals surface area contributed by atoms with Crippen LogP contribution in [0.1, 0.15) is 42.1 Å². The highest BCUT2D eigenvalue weighted by Gasteiger charge is 2.19. The number of carbonyl (C=O) groups is 1. The normalized spacial score (nSPS) is 11.0. The Bertz CT molecular complexity index is 913. The summed E-state index contributed by atoms with van der Waals surface area (Å²) in [7, 11) is 0. The Hall–Kier alpha value is -3.02. The first-order chi connectivity index (χ1) is 13.4. The summed E-state index contributed by atoms with van der Waals surface area (Å²) >= 11 is 0. The van der Waals surface area contributed by atoms with Crippen LogP contribution in [0.3, 0.4) is 0 Å². The fourth-order valence-electron chi connectivity index (χ4n) is 3.09. The van der Waals surface area contributed by atoms with E-state index in [0.29, 0.717) is 13.1 Å². The topological polar surface area (TPSA) is 63.3 Å². The first-order valence-electron chi connectivity index (χ1n) is 9.56. The number of nitrogens with one attached hydrogen (secondary N) is 1. The van der Waals surface area contributed by atoms with Gasteiger partial charge in [-0.15, -0.1) is 0 Å². The van der Waals surface area contributed by atoms with Gasteiger partial charge in [0.05, 0.1) is 19.4 Å². The van der Waals surface area contributed by atoms with Crippen LogP contribution in [0, 0.1) is 13.8 Å². The molecule has 28 heavy (non-hydrogen) atoms. The lowest BCUT2D eigenvalue weighted by atomic mass is 10.1. The molecule has 0 saturated carbocycles. The van der Waals surface area contributed by atoms with E-state index in [2.05, 4.69) is 46.9 Å². The molecule has 0 bridgehead atoms. The van der Waals surface area contributed by atoms with Gasteiger partial charge in [-0.05, 0) is 51.0 Å². The minimum Gasteiger partial charge on any atom is -0.467 e. The second-order valence-electron chi connectivity index (χ2n) is 7.44. The van der Waals surface area contributed by atoms with Crippen molar-refractivity contribution in [3.05, 3.63) is 77.3 Å². The molecule has 0 saturated heterocycles. The number of amides is 2. The molecule has 0 unspecified atom stereocenters. The number of urea groups is 1. The Balaban J connectivity index is 1.80. The van der Waals surface area contributed by atoms with E-state index < -0.39 is 0 Å². The van der Waals surface area contributed by atoms with Gasteiger partial charge in [0.15, 0.2) is 0 Å². The van der Waals surface area contributed by atoms with E-state index in [1.807, 2.05) is 32.2 Å². The maximum Gasteiger partial charge on any atom is 0.318 e. The van der Waals surface area contributed by atoms with Crippen molar-refractivity contribution in [1.29, 1.82) is 0 Å². The van der Waals surface area contributed by atoms with Crippen LogP contribution in [-0.4, -0.2) is 26.5 Å². The van der Waals surface area contributed by atoms with E-state index in [-0.39, 0.29) is 12.1 Å². The van der Waals surface area contributed by atoms with Crippen molar-refractivity contribution in [2.75, 3.05) is 0 Å². The number of hydrogen-bond acceptors (Lipinski definition) is 3. The molecule has 0 fully saturated rings. The maximum absolute atomic E-state index is 12.7.